The second-order valence-corrected chi connectivity index (χ2v) is 5.27. The fraction of sp³-hybridized carbons (Fsp3) is 1.00. The lowest BCUT2D eigenvalue weighted by atomic mass is 10.0. The minimum atomic E-state index is 0. The molecule has 0 saturated carbocycles. The van der Waals surface area contributed by atoms with Crippen molar-refractivity contribution in [3.8, 4) is 0 Å². The van der Waals surface area contributed by atoms with E-state index in [0.29, 0.717) is 0 Å². The van der Waals surface area contributed by atoms with E-state index in [1.54, 1.807) is 0 Å². The van der Waals surface area contributed by atoms with Crippen LogP contribution in [0.25, 0.3) is 0 Å². The molecular weight excluding hydrogens is 206 g/mol. The predicted molar refractivity (Wildman–Crippen MR) is 70.8 cm³/mol. The van der Waals surface area contributed by atoms with Gasteiger partial charge in [0.05, 0.1) is 0 Å². The number of piperidine rings is 1. The lowest BCUT2D eigenvalue weighted by molar-refractivity contribution is 0.163. The molecular formula is C13H28ClN. The number of rotatable bonds is 5. The van der Waals surface area contributed by atoms with Gasteiger partial charge in [-0.25, -0.2) is 0 Å². The molecule has 0 N–H and O–H groups in total. The molecule has 0 aromatic carbocycles. The van der Waals surface area contributed by atoms with Crippen molar-refractivity contribution in [2.75, 3.05) is 13.1 Å². The fourth-order valence-electron chi connectivity index (χ4n) is 2.36. The average molecular weight is 234 g/mol. The second-order valence-electron chi connectivity index (χ2n) is 5.27. The number of likely N-dealkylation sites (tertiary alicyclic amines) is 1. The van der Waals surface area contributed by atoms with E-state index in [0.717, 1.165) is 12.0 Å². The van der Waals surface area contributed by atoms with Crippen LogP contribution in [0.5, 0.6) is 0 Å². The summed E-state index contributed by atoms with van der Waals surface area (Å²) in [6.07, 6.45) is 8.52. The van der Waals surface area contributed by atoms with Crippen LogP contribution in [0.2, 0.25) is 0 Å². The first kappa shape index (κ1) is 15.2. The minimum absolute atomic E-state index is 0. The van der Waals surface area contributed by atoms with E-state index >= 15 is 0 Å². The third-order valence-corrected chi connectivity index (χ3v) is 3.42. The van der Waals surface area contributed by atoms with E-state index in [9.17, 15) is 0 Å². The largest absolute Gasteiger partial charge is 0.301 e. The molecule has 0 amide bonds. The van der Waals surface area contributed by atoms with Gasteiger partial charge in [0.2, 0.25) is 0 Å². The third-order valence-electron chi connectivity index (χ3n) is 3.42. The van der Waals surface area contributed by atoms with E-state index < -0.39 is 0 Å². The zero-order valence-corrected chi connectivity index (χ0v) is 11.5. The first-order chi connectivity index (χ1) is 6.70. The molecule has 1 aliphatic rings. The minimum Gasteiger partial charge on any atom is -0.301 e. The Kier molecular flexibility index (Phi) is 8.55. The van der Waals surface area contributed by atoms with Crippen molar-refractivity contribution in [3.63, 3.8) is 0 Å². The van der Waals surface area contributed by atoms with Crippen LogP contribution in [0.3, 0.4) is 0 Å². The lowest BCUT2D eigenvalue weighted by Crippen LogP contribution is -2.37. The summed E-state index contributed by atoms with van der Waals surface area (Å²) < 4.78 is 0. The number of nitrogens with zero attached hydrogens (tertiary/aromatic N) is 1. The molecule has 0 spiro atoms. The van der Waals surface area contributed by atoms with E-state index in [1.165, 1.54) is 51.6 Å². The van der Waals surface area contributed by atoms with Gasteiger partial charge < -0.3 is 4.90 Å². The van der Waals surface area contributed by atoms with Crippen LogP contribution < -0.4 is 0 Å². The van der Waals surface area contributed by atoms with Crippen LogP contribution in [-0.4, -0.2) is 24.0 Å². The highest BCUT2D eigenvalue weighted by Crippen LogP contribution is 2.16. The van der Waals surface area contributed by atoms with Crippen LogP contribution in [0, 0.1) is 5.92 Å². The van der Waals surface area contributed by atoms with Crippen molar-refractivity contribution in [1.82, 2.24) is 4.90 Å². The Labute approximate surface area is 102 Å². The van der Waals surface area contributed by atoms with Gasteiger partial charge in [-0.05, 0) is 45.2 Å². The van der Waals surface area contributed by atoms with Gasteiger partial charge in [-0.1, -0.05) is 33.1 Å². The second kappa shape index (κ2) is 8.41. The zero-order valence-electron chi connectivity index (χ0n) is 10.7. The van der Waals surface area contributed by atoms with E-state index in [-0.39, 0.29) is 12.4 Å². The van der Waals surface area contributed by atoms with E-state index in [2.05, 4.69) is 25.7 Å². The summed E-state index contributed by atoms with van der Waals surface area (Å²) >= 11 is 0. The van der Waals surface area contributed by atoms with Gasteiger partial charge in [-0.15, -0.1) is 12.4 Å². The SMILES string of the molecule is CC(C)CCCC(C)N1CCCCC1.Cl. The summed E-state index contributed by atoms with van der Waals surface area (Å²) in [6.45, 7) is 9.76. The molecule has 1 atom stereocenters. The van der Waals surface area contributed by atoms with Gasteiger partial charge in [0.1, 0.15) is 0 Å². The Hall–Kier alpha value is 0.250. The van der Waals surface area contributed by atoms with Crippen molar-refractivity contribution in [3.05, 3.63) is 0 Å². The molecule has 0 aromatic rings. The fourth-order valence-corrected chi connectivity index (χ4v) is 2.36. The molecule has 0 bridgehead atoms. The van der Waals surface area contributed by atoms with Crippen molar-refractivity contribution >= 4 is 12.4 Å². The highest BCUT2D eigenvalue weighted by molar-refractivity contribution is 5.85. The number of hydrogen-bond donors (Lipinski definition) is 0. The molecule has 1 aliphatic heterocycles. The van der Waals surface area contributed by atoms with Crippen LogP contribution >= 0.6 is 12.4 Å². The molecule has 92 valence electrons. The summed E-state index contributed by atoms with van der Waals surface area (Å²) in [7, 11) is 0. The molecule has 0 radical (unpaired) electrons. The van der Waals surface area contributed by atoms with Gasteiger partial charge >= 0.3 is 0 Å². The van der Waals surface area contributed by atoms with Crippen LogP contribution in [-0.2, 0) is 0 Å². The lowest BCUT2D eigenvalue weighted by Gasteiger charge is -2.32. The molecule has 2 heteroatoms. The Morgan fingerprint density at radius 3 is 2.07 bits per heavy atom. The van der Waals surface area contributed by atoms with Crippen molar-refractivity contribution in [2.45, 2.75) is 65.3 Å². The van der Waals surface area contributed by atoms with Crippen LogP contribution in [0.1, 0.15) is 59.3 Å². The Balaban J connectivity index is 0.00000196. The van der Waals surface area contributed by atoms with Gasteiger partial charge in [-0.2, -0.15) is 0 Å². The zero-order chi connectivity index (χ0) is 10.4. The topological polar surface area (TPSA) is 3.24 Å². The normalized spacial score (nSPS) is 20.0. The van der Waals surface area contributed by atoms with Crippen molar-refractivity contribution in [2.24, 2.45) is 5.92 Å². The highest BCUT2D eigenvalue weighted by Gasteiger charge is 2.15. The summed E-state index contributed by atoms with van der Waals surface area (Å²) in [5.41, 5.74) is 0. The smallest absolute Gasteiger partial charge is 0.00669 e. The maximum absolute atomic E-state index is 2.68. The molecule has 0 aromatic heterocycles. The maximum atomic E-state index is 2.68. The maximum Gasteiger partial charge on any atom is 0.00669 e. The standard InChI is InChI=1S/C13H27N.ClH/c1-12(2)8-7-9-13(3)14-10-5-4-6-11-14;/h12-13H,4-11H2,1-3H3;1H. The van der Waals surface area contributed by atoms with Gasteiger partial charge in [0, 0.05) is 6.04 Å². The summed E-state index contributed by atoms with van der Waals surface area (Å²) in [4.78, 5) is 2.68. The average Bonchev–Trinajstić information content (AvgIpc) is 2.18. The molecule has 15 heavy (non-hydrogen) atoms. The predicted octanol–water partition coefficient (Wildman–Crippen LogP) is 4.11. The quantitative estimate of drug-likeness (QED) is 0.691. The van der Waals surface area contributed by atoms with E-state index in [4.69, 9.17) is 0 Å². The van der Waals surface area contributed by atoms with Crippen molar-refractivity contribution in [1.29, 1.82) is 0 Å². The van der Waals surface area contributed by atoms with Crippen LogP contribution in [0.4, 0.5) is 0 Å². The Morgan fingerprint density at radius 2 is 1.53 bits per heavy atom. The monoisotopic (exact) mass is 233 g/mol. The van der Waals surface area contributed by atoms with E-state index in [1.807, 2.05) is 0 Å². The Morgan fingerprint density at radius 1 is 0.933 bits per heavy atom. The number of halogens is 1. The summed E-state index contributed by atoms with van der Waals surface area (Å²) in [5, 5.41) is 0. The molecule has 1 fully saturated rings. The summed E-state index contributed by atoms with van der Waals surface area (Å²) in [5.74, 6) is 0.878. The highest BCUT2D eigenvalue weighted by atomic mass is 35.5. The molecule has 1 saturated heterocycles. The molecule has 1 rings (SSSR count). The van der Waals surface area contributed by atoms with Crippen molar-refractivity contribution < 1.29 is 0 Å². The molecule has 1 unspecified atom stereocenters. The van der Waals surface area contributed by atoms with Gasteiger partial charge in [-0.3, -0.25) is 0 Å². The number of hydrogen-bond acceptors (Lipinski definition) is 1. The molecule has 1 nitrogen and oxygen atoms in total. The first-order valence-electron chi connectivity index (χ1n) is 6.44. The summed E-state index contributed by atoms with van der Waals surface area (Å²) in [6, 6.07) is 0.828. The molecule has 1 heterocycles. The van der Waals surface area contributed by atoms with Gasteiger partial charge in [0.25, 0.3) is 0 Å². The first-order valence-corrected chi connectivity index (χ1v) is 6.44. The Bertz CT molecular complexity index is 141. The molecule has 0 aliphatic carbocycles. The third kappa shape index (κ3) is 6.42. The van der Waals surface area contributed by atoms with Crippen LogP contribution in [0.15, 0.2) is 0 Å². The van der Waals surface area contributed by atoms with Gasteiger partial charge in [0.15, 0.2) is 0 Å².